The number of hydrogen-bond acceptors (Lipinski definition) is 4. The van der Waals surface area contributed by atoms with E-state index in [1.165, 1.54) is 5.56 Å². The molecule has 3 aromatic rings. The van der Waals surface area contributed by atoms with Crippen molar-refractivity contribution in [1.29, 1.82) is 0 Å². The van der Waals surface area contributed by atoms with E-state index in [2.05, 4.69) is 11.9 Å². The highest BCUT2D eigenvalue weighted by molar-refractivity contribution is 6.00. The first kappa shape index (κ1) is 20.5. The van der Waals surface area contributed by atoms with Gasteiger partial charge < -0.3 is 14.5 Å². The Morgan fingerprint density at radius 2 is 1.91 bits per heavy atom. The molecular weight excluding hydrogens is 402 g/mol. The fourth-order valence-corrected chi connectivity index (χ4v) is 4.65. The first-order valence-electron chi connectivity index (χ1n) is 11.2. The van der Waals surface area contributed by atoms with Crippen LogP contribution in [0.1, 0.15) is 24.0 Å². The first-order chi connectivity index (χ1) is 15.5. The van der Waals surface area contributed by atoms with Crippen LogP contribution in [0.3, 0.4) is 0 Å². The standard InChI is InChI=1S/C26H27N3O3/c1-17-8-9-21(13-18(17)2)29-15-20(14-24(29)30)26(31)28-12-10-22(16-28)32-23-7-3-5-19-6-4-11-27-25(19)23/h3-9,11,13,20,22H,10,12,14-16H2,1-2H3. The van der Waals surface area contributed by atoms with E-state index >= 15 is 0 Å². The molecule has 0 bridgehead atoms. The molecule has 2 atom stereocenters. The number of benzene rings is 2. The fourth-order valence-electron chi connectivity index (χ4n) is 4.65. The molecule has 0 spiro atoms. The highest BCUT2D eigenvalue weighted by Crippen LogP contribution is 2.30. The highest BCUT2D eigenvalue weighted by atomic mass is 16.5. The van der Waals surface area contributed by atoms with Crippen LogP contribution in [0.2, 0.25) is 0 Å². The van der Waals surface area contributed by atoms with Crippen molar-refractivity contribution in [3.8, 4) is 5.75 Å². The summed E-state index contributed by atoms with van der Waals surface area (Å²) in [6, 6.07) is 15.8. The van der Waals surface area contributed by atoms with Crippen molar-refractivity contribution in [2.24, 2.45) is 5.92 Å². The average Bonchev–Trinajstić information content (AvgIpc) is 3.42. The smallest absolute Gasteiger partial charge is 0.228 e. The number of ether oxygens (including phenoxy) is 1. The molecule has 0 aliphatic carbocycles. The van der Waals surface area contributed by atoms with E-state index in [9.17, 15) is 9.59 Å². The van der Waals surface area contributed by atoms with Gasteiger partial charge in [0.15, 0.2) is 0 Å². The van der Waals surface area contributed by atoms with Crippen molar-refractivity contribution in [3.63, 3.8) is 0 Å². The molecule has 6 heteroatoms. The molecule has 1 aromatic heterocycles. The predicted molar refractivity (Wildman–Crippen MR) is 124 cm³/mol. The zero-order valence-electron chi connectivity index (χ0n) is 18.5. The molecule has 2 aliphatic rings. The van der Waals surface area contributed by atoms with Crippen LogP contribution in [0.15, 0.2) is 54.7 Å². The molecular formula is C26H27N3O3. The predicted octanol–water partition coefficient (Wildman–Crippen LogP) is 3.88. The fraction of sp³-hybridized carbons (Fsp3) is 0.346. The number of nitrogens with zero attached hydrogens (tertiary/aromatic N) is 3. The zero-order chi connectivity index (χ0) is 22.2. The maximum Gasteiger partial charge on any atom is 0.228 e. The Balaban J connectivity index is 1.24. The maximum atomic E-state index is 13.2. The third-order valence-electron chi connectivity index (χ3n) is 6.62. The van der Waals surface area contributed by atoms with Gasteiger partial charge in [-0.15, -0.1) is 0 Å². The molecule has 2 aliphatic heterocycles. The van der Waals surface area contributed by atoms with E-state index in [0.717, 1.165) is 34.3 Å². The Kier molecular flexibility index (Phi) is 5.29. The van der Waals surface area contributed by atoms with Gasteiger partial charge in [-0.25, -0.2) is 0 Å². The van der Waals surface area contributed by atoms with Crippen LogP contribution < -0.4 is 9.64 Å². The van der Waals surface area contributed by atoms with Crippen LogP contribution >= 0.6 is 0 Å². The number of fused-ring (bicyclic) bond motifs is 1. The van der Waals surface area contributed by atoms with E-state index in [0.29, 0.717) is 19.6 Å². The largest absolute Gasteiger partial charge is 0.486 e. The third kappa shape index (κ3) is 3.81. The average molecular weight is 430 g/mol. The van der Waals surface area contributed by atoms with Crippen molar-refractivity contribution in [2.45, 2.75) is 32.8 Å². The van der Waals surface area contributed by atoms with Gasteiger partial charge in [0.05, 0.1) is 12.5 Å². The molecule has 0 saturated carbocycles. The number of anilines is 1. The van der Waals surface area contributed by atoms with Gasteiger partial charge >= 0.3 is 0 Å². The number of amides is 2. The van der Waals surface area contributed by atoms with Gasteiger partial charge in [-0.3, -0.25) is 14.6 Å². The summed E-state index contributed by atoms with van der Waals surface area (Å²) in [6.45, 7) is 5.72. The molecule has 6 nitrogen and oxygen atoms in total. The Morgan fingerprint density at radius 3 is 2.75 bits per heavy atom. The molecule has 2 fully saturated rings. The molecule has 2 amide bonds. The van der Waals surface area contributed by atoms with E-state index in [4.69, 9.17) is 4.74 Å². The van der Waals surface area contributed by atoms with Crippen LogP contribution in [-0.4, -0.2) is 47.4 Å². The van der Waals surface area contributed by atoms with E-state index in [1.54, 1.807) is 11.1 Å². The number of aryl methyl sites for hydroxylation is 2. The number of para-hydroxylation sites is 1. The summed E-state index contributed by atoms with van der Waals surface area (Å²) in [4.78, 5) is 33.9. The molecule has 0 radical (unpaired) electrons. The number of likely N-dealkylation sites (tertiary alicyclic amines) is 1. The van der Waals surface area contributed by atoms with Crippen molar-refractivity contribution < 1.29 is 14.3 Å². The number of carbonyl (C=O) groups is 2. The Morgan fingerprint density at radius 1 is 1.06 bits per heavy atom. The van der Waals surface area contributed by atoms with Crippen LogP contribution in [-0.2, 0) is 9.59 Å². The maximum absolute atomic E-state index is 13.2. The van der Waals surface area contributed by atoms with E-state index < -0.39 is 0 Å². The number of hydrogen-bond donors (Lipinski definition) is 0. The minimum Gasteiger partial charge on any atom is -0.486 e. The lowest BCUT2D eigenvalue weighted by atomic mass is 10.1. The van der Waals surface area contributed by atoms with Crippen LogP contribution in [0, 0.1) is 19.8 Å². The lowest BCUT2D eigenvalue weighted by Crippen LogP contribution is -2.37. The molecule has 32 heavy (non-hydrogen) atoms. The highest BCUT2D eigenvalue weighted by Gasteiger charge is 2.39. The van der Waals surface area contributed by atoms with Gasteiger partial charge in [0.2, 0.25) is 11.8 Å². The monoisotopic (exact) mass is 429 g/mol. The van der Waals surface area contributed by atoms with E-state index in [1.807, 2.05) is 60.4 Å². The third-order valence-corrected chi connectivity index (χ3v) is 6.62. The van der Waals surface area contributed by atoms with Gasteiger partial charge in [-0.2, -0.15) is 0 Å². The Labute approximate surface area is 187 Å². The molecule has 2 saturated heterocycles. The van der Waals surface area contributed by atoms with Crippen molar-refractivity contribution in [1.82, 2.24) is 9.88 Å². The summed E-state index contributed by atoms with van der Waals surface area (Å²) in [7, 11) is 0. The Hall–Kier alpha value is -3.41. The topological polar surface area (TPSA) is 62.7 Å². The molecule has 5 rings (SSSR count). The Bertz CT molecular complexity index is 1190. The second-order valence-corrected chi connectivity index (χ2v) is 8.82. The number of rotatable bonds is 4. The molecule has 0 N–H and O–H groups in total. The quantitative estimate of drug-likeness (QED) is 0.631. The van der Waals surface area contributed by atoms with Gasteiger partial charge in [-0.05, 0) is 49.2 Å². The van der Waals surface area contributed by atoms with Crippen LogP contribution in [0.5, 0.6) is 5.75 Å². The summed E-state index contributed by atoms with van der Waals surface area (Å²) >= 11 is 0. The molecule has 3 heterocycles. The summed E-state index contributed by atoms with van der Waals surface area (Å²) in [5, 5.41) is 1.03. The van der Waals surface area contributed by atoms with Gasteiger partial charge in [-0.1, -0.05) is 24.3 Å². The van der Waals surface area contributed by atoms with Gasteiger partial charge in [0, 0.05) is 43.2 Å². The summed E-state index contributed by atoms with van der Waals surface area (Å²) in [5.41, 5.74) is 4.05. The number of aromatic nitrogens is 1. The van der Waals surface area contributed by atoms with Gasteiger partial charge in [0.25, 0.3) is 0 Å². The minimum absolute atomic E-state index is 0.0143. The van der Waals surface area contributed by atoms with Crippen LogP contribution in [0.25, 0.3) is 10.9 Å². The molecule has 164 valence electrons. The van der Waals surface area contributed by atoms with Crippen LogP contribution in [0.4, 0.5) is 5.69 Å². The van der Waals surface area contributed by atoms with Crippen molar-refractivity contribution in [2.75, 3.05) is 24.5 Å². The normalized spacial score (nSPS) is 20.9. The summed E-state index contributed by atoms with van der Waals surface area (Å²) in [5.74, 6) is 0.508. The second-order valence-electron chi connectivity index (χ2n) is 8.82. The number of carbonyl (C=O) groups excluding carboxylic acids is 2. The number of pyridine rings is 1. The molecule has 2 unspecified atom stereocenters. The summed E-state index contributed by atoms with van der Waals surface area (Å²) in [6.07, 6.45) is 2.73. The van der Waals surface area contributed by atoms with Crippen molar-refractivity contribution >= 4 is 28.4 Å². The second kappa shape index (κ2) is 8.26. The SMILES string of the molecule is Cc1ccc(N2CC(C(=O)N3CCC(Oc4cccc5cccnc45)C3)CC2=O)cc1C. The van der Waals surface area contributed by atoms with Crippen molar-refractivity contribution in [3.05, 3.63) is 65.9 Å². The lowest BCUT2D eigenvalue weighted by molar-refractivity contribution is -0.135. The lowest BCUT2D eigenvalue weighted by Gasteiger charge is -2.22. The molecule has 2 aromatic carbocycles. The summed E-state index contributed by atoms with van der Waals surface area (Å²) < 4.78 is 6.23. The van der Waals surface area contributed by atoms with E-state index in [-0.39, 0.29) is 30.3 Å². The first-order valence-corrected chi connectivity index (χ1v) is 11.2. The van der Waals surface area contributed by atoms with Gasteiger partial charge in [0.1, 0.15) is 17.4 Å². The minimum atomic E-state index is -0.304. The zero-order valence-corrected chi connectivity index (χ0v) is 18.5.